The lowest BCUT2D eigenvalue weighted by Crippen LogP contribution is -2.01. The van der Waals surface area contributed by atoms with Crippen LogP contribution in [0.2, 0.25) is 0 Å². The number of aromatic nitrogens is 2. The van der Waals surface area contributed by atoms with E-state index < -0.39 is 5.97 Å². The van der Waals surface area contributed by atoms with E-state index in [-0.39, 0.29) is 5.56 Å². The number of carbonyl (C=O) groups is 1. The fourth-order valence-electron chi connectivity index (χ4n) is 2.78. The predicted octanol–water partition coefficient (Wildman–Crippen LogP) is 5.45. The summed E-state index contributed by atoms with van der Waals surface area (Å²) >= 11 is 0. The number of para-hydroxylation sites is 3. The van der Waals surface area contributed by atoms with Crippen molar-refractivity contribution >= 4 is 29.0 Å². The molecule has 0 amide bonds. The van der Waals surface area contributed by atoms with Gasteiger partial charge in [0, 0.05) is 11.8 Å². The number of rotatable bonds is 7. The predicted molar refractivity (Wildman–Crippen MR) is 115 cm³/mol. The molecule has 3 N–H and O–H groups in total. The molecule has 4 rings (SSSR count). The van der Waals surface area contributed by atoms with Gasteiger partial charge in [-0.05, 0) is 42.5 Å². The highest BCUT2D eigenvalue weighted by atomic mass is 16.5. The summed E-state index contributed by atoms with van der Waals surface area (Å²) in [6.45, 7) is 0. The van der Waals surface area contributed by atoms with Crippen molar-refractivity contribution in [2.24, 2.45) is 0 Å². The van der Waals surface area contributed by atoms with Gasteiger partial charge in [0.1, 0.15) is 23.7 Å². The highest BCUT2D eigenvalue weighted by Crippen LogP contribution is 2.31. The molecule has 148 valence electrons. The zero-order chi connectivity index (χ0) is 20.8. The molecule has 0 aliphatic heterocycles. The molecule has 0 aliphatic carbocycles. The summed E-state index contributed by atoms with van der Waals surface area (Å²) in [5, 5.41) is 15.5. The summed E-state index contributed by atoms with van der Waals surface area (Å²) in [5.41, 5.74) is 1.56. The quantitative estimate of drug-likeness (QED) is 0.381. The molecule has 7 heteroatoms. The largest absolute Gasteiger partial charge is 0.478 e. The van der Waals surface area contributed by atoms with Crippen LogP contribution in [0.25, 0.3) is 0 Å². The second-order valence-electron chi connectivity index (χ2n) is 6.34. The Labute approximate surface area is 173 Å². The lowest BCUT2D eigenvalue weighted by atomic mass is 10.2. The van der Waals surface area contributed by atoms with Crippen LogP contribution in [0.4, 0.5) is 23.0 Å². The van der Waals surface area contributed by atoms with Crippen molar-refractivity contribution in [1.82, 2.24) is 9.97 Å². The monoisotopic (exact) mass is 398 g/mol. The molecule has 0 spiro atoms. The molecule has 0 bridgehead atoms. The molecule has 1 heterocycles. The zero-order valence-corrected chi connectivity index (χ0v) is 15.8. The van der Waals surface area contributed by atoms with E-state index in [0.29, 0.717) is 23.1 Å². The summed E-state index contributed by atoms with van der Waals surface area (Å²) in [6, 6.07) is 25.3. The van der Waals surface area contributed by atoms with Crippen LogP contribution in [0.3, 0.4) is 0 Å². The van der Waals surface area contributed by atoms with Gasteiger partial charge in [0.25, 0.3) is 0 Å². The summed E-state index contributed by atoms with van der Waals surface area (Å²) in [5.74, 6) is 1.49. The van der Waals surface area contributed by atoms with E-state index in [1.54, 1.807) is 24.3 Å². The molecule has 0 aliphatic rings. The molecular weight excluding hydrogens is 380 g/mol. The van der Waals surface area contributed by atoms with Gasteiger partial charge >= 0.3 is 5.97 Å². The molecule has 0 radical (unpaired) electrons. The molecule has 1 aromatic heterocycles. The number of nitrogens with zero attached hydrogens (tertiary/aromatic N) is 2. The Morgan fingerprint density at radius 2 is 1.53 bits per heavy atom. The summed E-state index contributed by atoms with van der Waals surface area (Å²) < 4.78 is 5.97. The van der Waals surface area contributed by atoms with Gasteiger partial charge in [-0.3, -0.25) is 0 Å². The van der Waals surface area contributed by atoms with Crippen molar-refractivity contribution in [2.75, 3.05) is 10.6 Å². The maximum atomic E-state index is 11.2. The second kappa shape index (κ2) is 8.74. The fraction of sp³-hybridized carbons (Fsp3) is 0. The molecule has 3 aromatic carbocycles. The lowest BCUT2D eigenvalue weighted by molar-refractivity contribution is 0.0697. The van der Waals surface area contributed by atoms with Gasteiger partial charge in [0.15, 0.2) is 5.75 Å². The number of anilines is 4. The summed E-state index contributed by atoms with van der Waals surface area (Å²) in [6.07, 6.45) is 1.42. The first-order chi connectivity index (χ1) is 14.7. The minimum atomic E-state index is -0.987. The van der Waals surface area contributed by atoms with Gasteiger partial charge in [-0.25, -0.2) is 14.8 Å². The van der Waals surface area contributed by atoms with Crippen molar-refractivity contribution < 1.29 is 14.6 Å². The molecule has 4 aromatic rings. The first-order valence-corrected chi connectivity index (χ1v) is 9.19. The smallest absolute Gasteiger partial charge is 0.335 e. The van der Waals surface area contributed by atoms with Gasteiger partial charge in [-0.15, -0.1) is 0 Å². The van der Waals surface area contributed by atoms with Crippen LogP contribution in [-0.4, -0.2) is 21.0 Å². The number of hydrogen-bond donors (Lipinski definition) is 3. The van der Waals surface area contributed by atoms with Crippen molar-refractivity contribution in [3.8, 4) is 11.5 Å². The number of nitrogens with one attached hydrogen (secondary N) is 2. The maximum absolute atomic E-state index is 11.2. The van der Waals surface area contributed by atoms with E-state index in [2.05, 4.69) is 20.6 Å². The van der Waals surface area contributed by atoms with E-state index in [9.17, 15) is 4.79 Å². The molecule has 7 nitrogen and oxygen atoms in total. The summed E-state index contributed by atoms with van der Waals surface area (Å²) in [4.78, 5) is 19.6. The molecular formula is C23H18N4O3. The zero-order valence-electron chi connectivity index (χ0n) is 15.8. The third-order valence-corrected chi connectivity index (χ3v) is 4.17. The molecule has 0 saturated carbocycles. The Balaban J connectivity index is 1.53. The molecule has 0 atom stereocenters. The Bertz CT molecular complexity index is 1170. The van der Waals surface area contributed by atoms with Crippen molar-refractivity contribution in [3.63, 3.8) is 0 Å². The third kappa shape index (κ3) is 4.71. The van der Waals surface area contributed by atoms with E-state index in [1.165, 1.54) is 12.4 Å². The molecule has 30 heavy (non-hydrogen) atoms. The van der Waals surface area contributed by atoms with Crippen LogP contribution in [0, 0.1) is 0 Å². The molecule has 0 unspecified atom stereocenters. The Morgan fingerprint density at radius 3 is 2.33 bits per heavy atom. The number of aromatic carboxylic acids is 1. The van der Waals surface area contributed by atoms with Crippen molar-refractivity contribution in [1.29, 1.82) is 0 Å². The number of carboxylic acids is 1. The van der Waals surface area contributed by atoms with Crippen LogP contribution in [0.1, 0.15) is 10.4 Å². The third-order valence-electron chi connectivity index (χ3n) is 4.17. The van der Waals surface area contributed by atoms with Crippen LogP contribution >= 0.6 is 0 Å². The Hall–Kier alpha value is -4.39. The number of carboxylic acid groups (broad SMARTS) is 1. The summed E-state index contributed by atoms with van der Waals surface area (Å²) in [7, 11) is 0. The van der Waals surface area contributed by atoms with Gasteiger partial charge in [0.2, 0.25) is 0 Å². The standard InChI is InChI=1S/C23H18N4O3/c28-23(29)16-7-6-8-17(13-16)26-21-14-22(25-15-24-21)27-19-11-4-5-12-20(19)30-18-9-2-1-3-10-18/h1-15H,(H,28,29)(H2,24,25,26,27). The molecule has 0 fully saturated rings. The average molecular weight is 398 g/mol. The van der Waals surface area contributed by atoms with Crippen LogP contribution in [-0.2, 0) is 0 Å². The van der Waals surface area contributed by atoms with Crippen LogP contribution in [0.5, 0.6) is 11.5 Å². The van der Waals surface area contributed by atoms with E-state index >= 15 is 0 Å². The Kier molecular flexibility index (Phi) is 5.52. The fourth-order valence-corrected chi connectivity index (χ4v) is 2.78. The van der Waals surface area contributed by atoms with E-state index in [4.69, 9.17) is 9.84 Å². The number of ether oxygens (including phenoxy) is 1. The van der Waals surface area contributed by atoms with Gasteiger partial charge < -0.3 is 20.5 Å². The van der Waals surface area contributed by atoms with Crippen molar-refractivity contribution in [2.45, 2.75) is 0 Å². The second-order valence-corrected chi connectivity index (χ2v) is 6.34. The van der Waals surface area contributed by atoms with Gasteiger partial charge in [0.05, 0.1) is 11.3 Å². The highest BCUT2D eigenvalue weighted by molar-refractivity contribution is 5.89. The Morgan fingerprint density at radius 1 is 0.800 bits per heavy atom. The number of benzene rings is 3. The lowest BCUT2D eigenvalue weighted by Gasteiger charge is -2.13. The molecule has 0 saturated heterocycles. The van der Waals surface area contributed by atoms with E-state index in [1.807, 2.05) is 54.6 Å². The van der Waals surface area contributed by atoms with Crippen LogP contribution in [0.15, 0.2) is 91.3 Å². The first-order valence-electron chi connectivity index (χ1n) is 9.19. The topological polar surface area (TPSA) is 96.4 Å². The van der Waals surface area contributed by atoms with E-state index in [0.717, 1.165) is 11.4 Å². The maximum Gasteiger partial charge on any atom is 0.335 e. The normalized spacial score (nSPS) is 10.3. The first kappa shape index (κ1) is 18.9. The average Bonchev–Trinajstić information content (AvgIpc) is 2.76. The van der Waals surface area contributed by atoms with Gasteiger partial charge in [-0.1, -0.05) is 36.4 Å². The number of hydrogen-bond acceptors (Lipinski definition) is 6. The minimum absolute atomic E-state index is 0.194. The highest BCUT2D eigenvalue weighted by Gasteiger charge is 2.08. The SMILES string of the molecule is O=C(O)c1cccc(Nc2cc(Nc3ccccc3Oc3ccccc3)ncn2)c1. The van der Waals surface area contributed by atoms with Gasteiger partial charge in [-0.2, -0.15) is 0 Å². The van der Waals surface area contributed by atoms with Crippen molar-refractivity contribution in [3.05, 3.63) is 96.8 Å². The van der Waals surface area contributed by atoms with Crippen LogP contribution < -0.4 is 15.4 Å². The minimum Gasteiger partial charge on any atom is -0.478 e.